The fourth-order valence-corrected chi connectivity index (χ4v) is 4.58. The highest BCUT2D eigenvalue weighted by molar-refractivity contribution is 7.22. The van der Waals surface area contributed by atoms with Crippen molar-refractivity contribution >= 4 is 32.6 Å². The number of thiazole rings is 1. The van der Waals surface area contributed by atoms with Crippen LogP contribution in [0.4, 0.5) is 18.3 Å². The van der Waals surface area contributed by atoms with Crippen LogP contribution >= 0.6 is 11.3 Å². The molecule has 1 aliphatic heterocycles. The van der Waals surface area contributed by atoms with Gasteiger partial charge in [0.2, 0.25) is 11.8 Å². The Bertz CT molecular complexity index is 1370. The number of aromatic nitrogens is 3. The summed E-state index contributed by atoms with van der Waals surface area (Å²) in [6, 6.07) is 11.6. The van der Waals surface area contributed by atoms with E-state index in [1.54, 1.807) is 18.2 Å². The molecule has 2 aromatic heterocycles. The summed E-state index contributed by atoms with van der Waals surface area (Å²) in [5.74, 6) is 0.475. The summed E-state index contributed by atoms with van der Waals surface area (Å²) in [6.45, 7) is 2.89. The average Bonchev–Trinajstić information content (AvgIpc) is 3.28. The molecule has 0 saturated carbocycles. The normalized spacial score (nSPS) is 14.6. The number of anilines is 1. The predicted octanol–water partition coefficient (Wildman–Crippen LogP) is 4.84. The van der Waals surface area contributed by atoms with Gasteiger partial charge in [0, 0.05) is 24.7 Å². The number of hydrogen-bond donors (Lipinski definition) is 1. The smallest absolute Gasteiger partial charge is 0.416 e. The van der Waals surface area contributed by atoms with Crippen LogP contribution in [0.1, 0.15) is 5.56 Å². The highest BCUT2D eigenvalue weighted by Crippen LogP contribution is 2.35. The zero-order chi connectivity index (χ0) is 25.1. The summed E-state index contributed by atoms with van der Waals surface area (Å²) in [4.78, 5) is 27.3. The van der Waals surface area contributed by atoms with Gasteiger partial charge in [-0.1, -0.05) is 29.5 Å². The van der Waals surface area contributed by atoms with Crippen LogP contribution in [0.5, 0.6) is 11.6 Å². The van der Waals surface area contributed by atoms with Crippen molar-refractivity contribution in [2.24, 2.45) is 0 Å². The monoisotopic (exact) mass is 515 g/mol. The van der Waals surface area contributed by atoms with Gasteiger partial charge in [-0.2, -0.15) is 13.2 Å². The summed E-state index contributed by atoms with van der Waals surface area (Å²) < 4.78 is 50.6. The third-order valence-electron chi connectivity index (χ3n) is 5.46. The van der Waals surface area contributed by atoms with E-state index in [4.69, 9.17) is 9.47 Å². The Hall–Kier alpha value is -3.61. The minimum atomic E-state index is -4.41. The van der Waals surface area contributed by atoms with E-state index in [1.807, 2.05) is 11.0 Å². The minimum absolute atomic E-state index is 0.157. The van der Waals surface area contributed by atoms with E-state index in [0.717, 1.165) is 16.8 Å². The maximum absolute atomic E-state index is 12.9. The number of morpholine rings is 1. The van der Waals surface area contributed by atoms with Crippen LogP contribution in [0, 0.1) is 0 Å². The number of benzene rings is 2. The second-order valence-electron chi connectivity index (χ2n) is 7.98. The largest absolute Gasteiger partial charge is 0.437 e. The summed E-state index contributed by atoms with van der Waals surface area (Å²) in [6.07, 6.45) is -3.13. The molecule has 0 spiro atoms. The SMILES string of the molecule is O=C(CN1CCOCC1)Nc1nc2c(Oc3cc(-c4ccc(C(F)(F)F)cc4)ncn3)cccc2s1. The summed E-state index contributed by atoms with van der Waals surface area (Å²) in [7, 11) is 0. The van der Waals surface area contributed by atoms with E-state index >= 15 is 0 Å². The van der Waals surface area contributed by atoms with E-state index in [-0.39, 0.29) is 18.3 Å². The Labute approximate surface area is 207 Å². The molecule has 1 saturated heterocycles. The van der Waals surface area contributed by atoms with Crippen molar-refractivity contribution < 1.29 is 27.4 Å². The van der Waals surface area contributed by atoms with Crippen LogP contribution in [0.25, 0.3) is 21.5 Å². The Kier molecular flexibility index (Phi) is 6.81. The zero-order valence-electron chi connectivity index (χ0n) is 18.8. The topological polar surface area (TPSA) is 89.5 Å². The number of hydrogen-bond acceptors (Lipinski definition) is 8. The molecule has 12 heteroatoms. The van der Waals surface area contributed by atoms with Gasteiger partial charge >= 0.3 is 6.18 Å². The predicted molar refractivity (Wildman–Crippen MR) is 128 cm³/mol. The number of carbonyl (C=O) groups excluding carboxylic acids is 1. The number of carbonyl (C=O) groups is 1. The van der Waals surface area contributed by atoms with Crippen LogP contribution < -0.4 is 10.1 Å². The molecule has 0 radical (unpaired) electrons. The molecule has 0 bridgehead atoms. The van der Waals surface area contributed by atoms with Gasteiger partial charge in [0.15, 0.2) is 10.9 Å². The minimum Gasteiger partial charge on any atom is -0.437 e. The van der Waals surface area contributed by atoms with Crippen molar-refractivity contribution in [3.63, 3.8) is 0 Å². The van der Waals surface area contributed by atoms with Gasteiger partial charge in [-0.3, -0.25) is 9.69 Å². The standard InChI is InChI=1S/C24H20F3N5O3S/c25-24(26,27)16-6-4-15(5-7-16)17-12-21(29-14-28-17)35-18-2-1-3-19-22(18)31-23(36-19)30-20(33)13-32-8-10-34-11-9-32/h1-7,12,14H,8-11,13H2,(H,30,31,33). The van der Waals surface area contributed by atoms with Gasteiger partial charge in [-0.15, -0.1) is 0 Å². The number of rotatable bonds is 6. The van der Waals surface area contributed by atoms with E-state index in [0.29, 0.717) is 54.0 Å². The Balaban J connectivity index is 1.32. The molecule has 0 atom stereocenters. The molecule has 36 heavy (non-hydrogen) atoms. The quantitative estimate of drug-likeness (QED) is 0.393. The van der Waals surface area contributed by atoms with Crippen molar-refractivity contribution in [2.75, 3.05) is 38.2 Å². The number of nitrogens with zero attached hydrogens (tertiary/aromatic N) is 4. The highest BCUT2D eigenvalue weighted by Gasteiger charge is 2.30. The van der Waals surface area contributed by atoms with Gasteiger partial charge in [0.1, 0.15) is 11.8 Å². The summed E-state index contributed by atoms with van der Waals surface area (Å²) in [5, 5.41) is 3.29. The maximum Gasteiger partial charge on any atom is 0.416 e. The van der Waals surface area contributed by atoms with E-state index in [9.17, 15) is 18.0 Å². The summed E-state index contributed by atoms with van der Waals surface area (Å²) >= 11 is 1.32. The fourth-order valence-electron chi connectivity index (χ4n) is 3.68. The molecule has 0 aliphatic carbocycles. The lowest BCUT2D eigenvalue weighted by Crippen LogP contribution is -2.41. The van der Waals surface area contributed by atoms with Crippen LogP contribution in [-0.4, -0.2) is 58.6 Å². The lowest BCUT2D eigenvalue weighted by atomic mass is 10.1. The molecule has 8 nitrogen and oxygen atoms in total. The Morgan fingerprint density at radius 3 is 2.64 bits per heavy atom. The molecule has 0 unspecified atom stereocenters. The van der Waals surface area contributed by atoms with Crippen LogP contribution in [0.15, 0.2) is 54.9 Å². The molecule has 1 aliphatic rings. The highest BCUT2D eigenvalue weighted by atomic mass is 32.1. The van der Waals surface area contributed by atoms with Gasteiger partial charge in [0.05, 0.1) is 35.7 Å². The molecule has 1 fully saturated rings. The van der Waals surface area contributed by atoms with Crippen LogP contribution in [0.2, 0.25) is 0 Å². The zero-order valence-corrected chi connectivity index (χ0v) is 19.6. The lowest BCUT2D eigenvalue weighted by molar-refractivity contribution is -0.137. The Morgan fingerprint density at radius 1 is 1.11 bits per heavy atom. The van der Waals surface area contributed by atoms with E-state index in [1.165, 1.54) is 29.8 Å². The molecule has 186 valence electrons. The molecular formula is C24H20F3N5O3S. The van der Waals surface area contributed by atoms with E-state index < -0.39 is 11.7 Å². The van der Waals surface area contributed by atoms with Crippen molar-refractivity contribution in [3.8, 4) is 22.9 Å². The maximum atomic E-state index is 12.9. The van der Waals surface area contributed by atoms with E-state index in [2.05, 4.69) is 20.3 Å². The number of ether oxygens (including phenoxy) is 2. The number of amides is 1. The first-order chi connectivity index (χ1) is 17.3. The molecule has 5 rings (SSSR count). The molecular weight excluding hydrogens is 495 g/mol. The fraction of sp³-hybridized carbons (Fsp3) is 0.250. The first-order valence-corrected chi connectivity index (χ1v) is 11.8. The molecule has 1 N–H and O–H groups in total. The van der Waals surface area contributed by atoms with Crippen molar-refractivity contribution in [1.82, 2.24) is 19.9 Å². The molecule has 4 aromatic rings. The third-order valence-corrected chi connectivity index (χ3v) is 6.40. The number of halogens is 3. The number of para-hydroxylation sites is 1. The first kappa shape index (κ1) is 24.1. The average molecular weight is 516 g/mol. The third kappa shape index (κ3) is 5.61. The Morgan fingerprint density at radius 2 is 1.89 bits per heavy atom. The molecule has 2 aromatic carbocycles. The molecule has 3 heterocycles. The molecule has 1 amide bonds. The van der Waals surface area contributed by atoms with Gasteiger partial charge < -0.3 is 14.8 Å². The van der Waals surface area contributed by atoms with Crippen LogP contribution in [0.3, 0.4) is 0 Å². The number of fused-ring (bicyclic) bond motifs is 1. The first-order valence-electron chi connectivity index (χ1n) is 11.0. The van der Waals surface area contributed by atoms with Crippen molar-refractivity contribution in [2.45, 2.75) is 6.18 Å². The second kappa shape index (κ2) is 10.2. The van der Waals surface area contributed by atoms with Gasteiger partial charge in [-0.25, -0.2) is 15.0 Å². The van der Waals surface area contributed by atoms with Crippen molar-refractivity contribution in [1.29, 1.82) is 0 Å². The van der Waals surface area contributed by atoms with Crippen LogP contribution in [-0.2, 0) is 15.7 Å². The number of alkyl halides is 3. The second-order valence-corrected chi connectivity index (χ2v) is 9.01. The summed E-state index contributed by atoms with van der Waals surface area (Å²) in [5.41, 5.74) is 0.723. The van der Waals surface area contributed by atoms with Gasteiger partial charge in [0.25, 0.3) is 0 Å². The van der Waals surface area contributed by atoms with Gasteiger partial charge in [-0.05, 0) is 24.3 Å². The number of nitrogens with one attached hydrogen (secondary N) is 1. The lowest BCUT2D eigenvalue weighted by Gasteiger charge is -2.25. The van der Waals surface area contributed by atoms with Crippen molar-refractivity contribution in [3.05, 3.63) is 60.4 Å².